The highest BCUT2D eigenvalue weighted by Crippen LogP contribution is 2.22. The topological polar surface area (TPSA) is 38.3 Å². The van der Waals surface area contributed by atoms with Gasteiger partial charge in [-0.3, -0.25) is 4.79 Å². The fourth-order valence-corrected chi connectivity index (χ4v) is 2.89. The van der Waals surface area contributed by atoms with Gasteiger partial charge in [0.2, 0.25) is 5.91 Å². The van der Waals surface area contributed by atoms with E-state index in [2.05, 4.69) is 5.32 Å². The van der Waals surface area contributed by atoms with Gasteiger partial charge in [0.1, 0.15) is 5.75 Å². The van der Waals surface area contributed by atoms with Crippen molar-refractivity contribution in [3.05, 3.63) is 59.1 Å². The maximum absolute atomic E-state index is 12.2. The quantitative estimate of drug-likeness (QED) is 0.837. The summed E-state index contributed by atoms with van der Waals surface area (Å²) in [6.45, 7) is 1.90. The molecule has 1 N–H and O–H groups in total. The highest BCUT2D eigenvalue weighted by molar-refractivity contribution is 7.99. The van der Waals surface area contributed by atoms with Gasteiger partial charge < -0.3 is 10.1 Å². The lowest BCUT2D eigenvalue weighted by atomic mass is 10.2. The number of rotatable bonds is 6. The van der Waals surface area contributed by atoms with Crippen molar-refractivity contribution in [2.75, 3.05) is 12.4 Å². The lowest BCUT2D eigenvalue weighted by Crippen LogP contribution is -2.22. The molecule has 2 aromatic rings. The first-order valence-electron chi connectivity index (χ1n) is 6.89. The van der Waals surface area contributed by atoms with Crippen LogP contribution in [-0.2, 0) is 10.5 Å². The predicted molar refractivity (Wildman–Crippen MR) is 93.8 cm³/mol. The largest absolute Gasteiger partial charge is 0.497 e. The Kier molecular flexibility index (Phi) is 6.16. The molecule has 0 bridgehead atoms. The van der Waals surface area contributed by atoms with Crippen LogP contribution in [0.2, 0.25) is 5.02 Å². The molecule has 22 heavy (non-hydrogen) atoms. The molecule has 0 aromatic heterocycles. The zero-order valence-electron chi connectivity index (χ0n) is 12.5. The van der Waals surface area contributed by atoms with Gasteiger partial charge in [0, 0.05) is 16.5 Å². The van der Waals surface area contributed by atoms with Gasteiger partial charge in [-0.05, 0) is 48.9 Å². The van der Waals surface area contributed by atoms with Gasteiger partial charge in [-0.15, -0.1) is 11.8 Å². The Bertz CT molecular complexity index is 631. The molecule has 5 heteroatoms. The summed E-state index contributed by atoms with van der Waals surface area (Å²) in [4.78, 5) is 12.2. The van der Waals surface area contributed by atoms with E-state index in [1.165, 1.54) is 0 Å². The first kappa shape index (κ1) is 16.7. The molecule has 0 saturated heterocycles. The van der Waals surface area contributed by atoms with Gasteiger partial charge in [-0.2, -0.15) is 0 Å². The fraction of sp³-hybridized carbons (Fsp3) is 0.235. The normalized spacial score (nSPS) is 11.8. The molecule has 0 heterocycles. The summed E-state index contributed by atoms with van der Waals surface area (Å²) in [5.74, 6) is 1.50. The second-order valence-electron chi connectivity index (χ2n) is 4.80. The molecular formula is C17H18ClNO2S. The number of hydrogen-bond acceptors (Lipinski definition) is 3. The van der Waals surface area contributed by atoms with Gasteiger partial charge >= 0.3 is 0 Å². The molecule has 0 aliphatic heterocycles. The van der Waals surface area contributed by atoms with Gasteiger partial charge in [0.15, 0.2) is 0 Å². The molecule has 0 saturated carbocycles. The van der Waals surface area contributed by atoms with Gasteiger partial charge in [0.25, 0.3) is 0 Å². The number of hydrogen-bond donors (Lipinski definition) is 1. The summed E-state index contributed by atoms with van der Waals surface area (Å²) in [6.07, 6.45) is 0. The van der Waals surface area contributed by atoms with E-state index >= 15 is 0 Å². The molecule has 0 unspecified atom stereocenters. The van der Waals surface area contributed by atoms with Crippen molar-refractivity contribution >= 4 is 35.0 Å². The SMILES string of the molecule is COc1ccc(NC(=O)[C@H](C)SCc2cccc(Cl)c2)cc1. The number of thioether (sulfide) groups is 1. The molecule has 2 aromatic carbocycles. The number of carbonyl (C=O) groups is 1. The van der Waals surface area contributed by atoms with Crippen molar-refractivity contribution in [3.63, 3.8) is 0 Å². The fourth-order valence-electron chi connectivity index (χ4n) is 1.84. The van der Waals surface area contributed by atoms with Crippen LogP contribution in [0.1, 0.15) is 12.5 Å². The first-order chi connectivity index (χ1) is 10.6. The Morgan fingerprint density at radius 2 is 2.00 bits per heavy atom. The van der Waals surface area contributed by atoms with Crippen molar-refractivity contribution < 1.29 is 9.53 Å². The van der Waals surface area contributed by atoms with Crippen LogP contribution >= 0.6 is 23.4 Å². The van der Waals surface area contributed by atoms with Crippen LogP contribution in [-0.4, -0.2) is 18.3 Å². The molecule has 0 spiro atoms. The van der Waals surface area contributed by atoms with E-state index in [1.54, 1.807) is 18.9 Å². The molecule has 0 fully saturated rings. The molecule has 116 valence electrons. The van der Waals surface area contributed by atoms with Gasteiger partial charge in [-0.25, -0.2) is 0 Å². The van der Waals surface area contributed by atoms with Crippen LogP contribution in [0.25, 0.3) is 0 Å². The number of carbonyl (C=O) groups excluding carboxylic acids is 1. The van der Waals surface area contributed by atoms with E-state index in [0.29, 0.717) is 5.02 Å². The predicted octanol–water partition coefficient (Wildman–Crippen LogP) is 4.61. The summed E-state index contributed by atoms with van der Waals surface area (Å²) in [5, 5.41) is 3.46. The first-order valence-corrected chi connectivity index (χ1v) is 8.32. The summed E-state index contributed by atoms with van der Waals surface area (Å²) in [6, 6.07) is 15.0. The zero-order valence-corrected chi connectivity index (χ0v) is 14.1. The summed E-state index contributed by atoms with van der Waals surface area (Å²) in [7, 11) is 1.61. The molecule has 1 amide bonds. The van der Waals surface area contributed by atoms with Crippen molar-refractivity contribution in [2.24, 2.45) is 0 Å². The second kappa shape index (κ2) is 8.11. The van der Waals surface area contributed by atoms with Crippen LogP contribution in [0.4, 0.5) is 5.69 Å². The van der Waals surface area contributed by atoms with Gasteiger partial charge in [0.05, 0.1) is 12.4 Å². The monoisotopic (exact) mass is 335 g/mol. The number of halogens is 1. The molecule has 2 rings (SSSR count). The molecule has 0 radical (unpaired) electrons. The Morgan fingerprint density at radius 1 is 1.27 bits per heavy atom. The van der Waals surface area contributed by atoms with Gasteiger partial charge in [-0.1, -0.05) is 23.7 Å². The Morgan fingerprint density at radius 3 is 2.64 bits per heavy atom. The van der Waals surface area contributed by atoms with Crippen molar-refractivity contribution in [3.8, 4) is 5.75 Å². The molecule has 1 atom stereocenters. The summed E-state index contributed by atoms with van der Waals surface area (Å²) in [5.41, 5.74) is 1.88. The number of anilines is 1. The van der Waals surface area contributed by atoms with Crippen molar-refractivity contribution in [1.29, 1.82) is 0 Å². The standard InChI is InChI=1S/C17H18ClNO2S/c1-12(22-11-13-4-3-5-14(18)10-13)17(20)19-15-6-8-16(21-2)9-7-15/h3-10,12H,11H2,1-2H3,(H,19,20)/t12-/m0/s1. The third-order valence-corrected chi connectivity index (χ3v) is 4.56. The third kappa shape index (κ3) is 4.97. The highest BCUT2D eigenvalue weighted by Gasteiger charge is 2.13. The number of ether oxygens (including phenoxy) is 1. The van der Waals surface area contributed by atoms with Crippen molar-refractivity contribution in [2.45, 2.75) is 17.9 Å². The third-order valence-electron chi connectivity index (χ3n) is 3.12. The number of methoxy groups -OCH3 is 1. The average molecular weight is 336 g/mol. The Hall–Kier alpha value is -1.65. The Balaban J connectivity index is 1.86. The molecular weight excluding hydrogens is 318 g/mol. The second-order valence-corrected chi connectivity index (χ2v) is 6.57. The highest BCUT2D eigenvalue weighted by atomic mass is 35.5. The maximum atomic E-state index is 12.2. The summed E-state index contributed by atoms with van der Waals surface area (Å²) < 4.78 is 5.09. The number of benzene rings is 2. The van der Waals surface area contributed by atoms with Crippen LogP contribution in [0.3, 0.4) is 0 Å². The van der Waals surface area contributed by atoms with Crippen LogP contribution in [0.15, 0.2) is 48.5 Å². The lowest BCUT2D eigenvalue weighted by Gasteiger charge is -2.12. The minimum absolute atomic E-state index is 0.0165. The minimum atomic E-state index is -0.152. The minimum Gasteiger partial charge on any atom is -0.497 e. The lowest BCUT2D eigenvalue weighted by molar-refractivity contribution is -0.115. The zero-order chi connectivity index (χ0) is 15.9. The number of amides is 1. The van der Waals surface area contributed by atoms with Crippen LogP contribution < -0.4 is 10.1 Å². The smallest absolute Gasteiger partial charge is 0.237 e. The molecule has 0 aliphatic carbocycles. The number of nitrogens with one attached hydrogen (secondary N) is 1. The average Bonchev–Trinajstić information content (AvgIpc) is 2.53. The Labute approximate surface area is 140 Å². The van der Waals surface area contributed by atoms with E-state index in [1.807, 2.05) is 55.5 Å². The van der Waals surface area contributed by atoms with E-state index in [4.69, 9.17) is 16.3 Å². The van der Waals surface area contributed by atoms with E-state index in [9.17, 15) is 4.79 Å². The van der Waals surface area contributed by atoms with E-state index in [0.717, 1.165) is 22.8 Å². The van der Waals surface area contributed by atoms with Crippen LogP contribution in [0, 0.1) is 0 Å². The maximum Gasteiger partial charge on any atom is 0.237 e. The van der Waals surface area contributed by atoms with Crippen molar-refractivity contribution in [1.82, 2.24) is 0 Å². The van der Waals surface area contributed by atoms with E-state index in [-0.39, 0.29) is 11.2 Å². The van der Waals surface area contributed by atoms with E-state index < -0.39 is 0 Å². The summed E-state index contributed by atoms with van der Waals surface area (Å²) >= 11 is 7.53. The molecule has 3 nitrogen and oxygen atoms in total. The molecule has 0 aliphatic rings. The van der Waals surface area contributed by atoms with Crippen LogP contribution in [0.5, 0.6) is 5.75 Å².